The topological polar surface area (TPSA) is 117 Å². The number of H-pyrrole nitrogens is 2. The maximum absolute atomic E-state index is 11.7. The molecule has 0 unspecified atom stereocenters. The highest BCUT2D eigenvalue weighted by molar-refractivity contribution is 6.06. The molecule has 3 rings (SSSR count). The minimum Gasteiger partial charge on any atom is -0.365 e. The van der Waals surface area contributed by atoms with E-state index in [2.05, 4.69) is 20.5 Å². The number of carbonyl (C=O) groups is 2. The van der Waals surface area contributed by atoms with Crippen LogP contribution < -0.4 is 11.1 Å². The Bertz CT molecular complexity index is 690. The Morgan fingerprint density at radius 3 is 2.76 bits per heavy atom. The van der Waals surface area contributed by atoms with Gasteiger partial charge in [-0.25, -0.2) is 0 Å². The summed E-state index contributed by atoms with van der Waals surface area (Å²) in [5.41, 5.74) is 9.38. The zero-order chi connectivity index (χ0) is 15.0. The summed E-state index contributed by atoms with van der Waals surface area (Å²) >= 11 is 0. The SMILES string of the molecule is CC(=O)Nc1n[nH]c(-c2cc3c([nH]2)CCCC3)c1C(N)=O. The first-order valence-corrected chi connectivity index (χ1v) is 6.93. The molecule has 7 heteroatoms. The molecule has 0 saturated carbocycles. The second-order valence-electron chi connectivity index (χ2n) is 5.26. The van der Waals surface area contributed by atoms with E-state index in [1.807, 2.05) is 6.07 Å². The second kappa shape index (κ2) is 5.08. The molecule has 0 saturated heterocycles. The number of hydrogen-bond donors (Lipinski definition) is 4. The summed E-state index contributed by atoms with van der Waals surface area (Å²) in [6.45, 7) is 1.35. The van der Waals surface area contributed by atoms with Crippen LogP contribution >= 0.6 is 0 Å². The molecule has 110 valence electrons. The number of nitrogens with one attached hydrogen (secondary N) is 3. The van der Waals surface area contributed by atoms with Gasteiger partial charge >= 0.3 is 0 Å². The number of carbonyl (C=O) groups excluding carboxylic acids is 2. The van der Waals surface area contributed by atoms with Gasteiger partial charge < -0.3 is 16.0 Å². The van der Waals surface area contributed by atoms with Gasteiger partial charge in [0, 0.05) is 12.6 Å². The van der Waals surface area contributed by atoms with Crippen molar-refractivity contribution >= 4 is 17.6 Å². The maximum Gasteiger partial charge on any atom is 0.254 e. The lowest BCUT2D eigenvalue weighted by atomic mass is 9.98. The van der Waals surface area contributed by atoms with E-state index in [4.69, 9.17) is 5.73 Å². The molecule has 2 heterocycles. The van der Waals surface area contributed by atoms with Crippen LogP contribution in [0.2, 0.25) is 0 Å². The number of fused-ring (bicyclic) bond motifs is 1. The fourth-order valence-electron chi connectivity index (χ4n) is 2.77. The highest BCUT2D eigenvalue weighted by Crippen LogP contribution is 2.30. The van der Waals surface area contributed by atoms with Gasteiger partial charge in [-0.1, -0.05) is 0 Å². The van der Waals surface area contributed by atoms with Gasteiger partial charge in [-0.2, -0.15) is 5.10 Å². The Labute approximate surface area is 121 Å². The van der Waals surface area contributed by atoms with E-state index in [0.717, 1.165) is 25.0 Å². The van der Waals surface area contributed by atoms with Crippen LogP contribution in [0.15, 0.2) is 6.07 Å². The highest BCUT2D eigenvalue weighted by Gasteiger charge is 2.23. The zero-order valence-corrected chi connectivity index (χ0v) is 11.7. The molecule has 21 heavy (non-hydrogen) atoms. The van der Waals surface area contributed by atoms with Gasteiger partial charge in [0.2, 0.25) is 5.91 Å². The summed E-state index contributed by atoms with van der Waals surface area (Å²) in [4.78, 5) is 26.2. The quantitative estimate of drug-likeness (QED) is 0.682. The molecular formula is C14H17N5O2. The minimum absolute atomic E-state index is 0.164. The molecule has 2 aromatic heterocycles. The molecule has 0 spiro atoms. The highest BCUT2D eigenvalue weighted by atomic mass is 16.2. The third-order valence-corrected chi connectivity index (χ3v) is 3.69. The molecule has 7 nitrogen and oxygen atoms in total. The van der Waals surface area contributed by atoms with Crippen LogP contribution in [0.3, 0.4) is 0 Å². The van der Waals surface area contributed by atoms with Gasteiger partial charge in [0.15, 0.2) is 5.82 Å². The molecule has 0 aromatic carbocycles. The van der Waals surface area contributed by atoms with Crippen LogP contribution in [0.1, 0.15) is 41.4 Å². The van der Waals surface area contributed by atoms with E-state index in [-0.39, 0.29) is 17.3 Å². The average Bonchev–Trinajstić information content (AvgIpc) is 3.00. The predicted octanol–water partition coefficient (Wildman–Crippen LogP) is 1.34. The van der Waals surface area contributed by atoms with Crippen molar-refractivity contribution in [2.24, 2.45) is 5.73 Å². The fraction of sp³-hybridized carbons (Fsp3) is 0.357. The van der Waals surface area contributed by atoms with Gasteiger partial charge in [-0.3, -0.25) is 14.7 Å². The number of hydrogen-bond acceptors (Lipinski definition) is 3. The smallest absolute Gasteiger partial charge is 0.254 e. The van der Waals surface area contributed by atoms with Crippen LogP contribution in [-0.2, 0) is 17.6 Å². The lowest BCUT2D eigenvalue weighted by molar-refractivity contribution is -0.114. The second-order valence-corrected chi connectivity index (χ2v) is 5.26. The number of anilines is 1. The standard InChI is InChI=1S/C14H17N5O2/c1-7(20)16-14-11(13(15)21)12(18-19-14)10-6-8-4-2-3-5-9(8)17-10/h6,17H,2-5H2,1H3,(H2,15,21)(H2,16,18,19,20). The average molecular weight is 287 g/mol. The van der Waals surface area contributed by atoms with Gasteiger partial charge in [0.05, 0.1) is 11.4 Å². The van der Waals surface area contributed by atoms with Crippen LogP contribution in [0.5, 0.6) is 0 Å². The zero-order valence-electron chi connectivity index (χ0n) is 11.7. The molecule has 5 N–H and O–H groups in total. The van der Waals surface area contributed by atoms with E-state index in [1.165, 1.54) is 24.6 Å². The number of aromatic nitrogens is 3. The summed E-state index contributed by atoms with van der Waals surface area (Å²) in [5, 5.41) is 9.28. The van der Waals surface area contributed by atoms with Crippen LogP contribution in [0, 0.1) is 0 Å². The van der Waals surface area contributed by atoms with Crippen LogP contribution in [-0.4, -0.2) is 27.0 Å². The predicted molar refractivity (Wildman–Crippen MR) is 77.8 cm³/mol. The summed E-state index contributed by atoms with van der Waals surface area (Å²) in [6, 6.07) is 2.02. The number of nitrogens with two attached hydrogens (primary N) is 1. The van der Waals surface area contributed by atoms with Crippen molar-refractivity contribution in [3.8, 4) is 11.4 Å². The lowest BCUT2D eigenvalue weighted by Crippen LogP contribution is -2.16. The summed E-state index contributed by atoms with van der Waals surface area (Å²) in [5.74, 6) is -0.769. The van der Waals surface area contributed by atoms with Crippen LogP contribution in [0.25, 0.3) is 11.4 Å². The first-order chi connectivity index (χ1) is 10.1. The summed E-state index contributed by atoms with van der Waals surface area (Å²) in [7, 11) is 0. The molecule has 0 radical (unpaired) electrons. The first kappa shape index (κ1) is 13.4. The van der Waals surface area contributed by atoms with E-state index >= 15 is 0 Å². The molecule has 1 aliphatic carbocycles. The fourth-order valence-corrected chi connectivity index (χ4v) is 2.77. The maximum atomic E-state index is 11.7. The van der Waals surface area contributed by atoms with E-state index in [1.54, 1.807) is 0 Å². The summed E-state index contributed by atoms with van der Waals surface area (Å²) in [6.07, 6.45) is 4.38. The Balaban J connectivity index is 2.05. The van der Waals surface area contributed by atoms with Crippen molar-refractivity contribution in [3.05, 3.63) is 22.9 Å². The number of amides is 2. The van der Waals surface area contributed by atoms with Crippen molar-refractivity contribution in [2.45, 2.75) is 32.6 Å². The van der Waals surface area contributed by atoms with E-state index in [9.17, 15) is 9.59 Å². The van der Waals surface area contributed by atoms with Gasteiger partial charge in [0.1, 0.15) is 5.56 Å². The van der Waals surface area contributed by atoms with Crippen molar-refractivity contribution in [1.82, 2.24) is 15.2 Å². The largest absolute Gasteiger partial charge is 0.365 e. The third kappa shape index (κ3) is 2.42. The molecule has 2 aromatic rings. The number of aryl methyl sites for hydroxylation is 2. The molecular weight excluding hydrogens is 270 g/mol. The molecule has 0 bridgehead atoms. The first-order valence-electron chi connectivity index (χ1n) is 6.93. The molecule has 0 fully saturated rings. The number of nitrogens with zero attached hydrogens (tertiary/aromatic N) is 1. The van der Waals surface area contributed by atoms with Gasteiger partial charge in [0.25, 0.3) is 5.91 Å². The lowest BCUT2D eigenvalue weighted by Gasteiger charge is -2.08. The van der Waals surface area contributed by atoms with E-state index in [0.29, 0.717) is 5.69 Å². The third-order valence-electron chi connectivity index (χ3n) is 3.69. The van der Waals surface area contributed by atoms with Crippen molar-refractivity contribution in [2.75, 3.05) is 5.32 Å². The number of primary amides is 1. The Hall–Kier alpha value is -2.57. The van der Waals surface area contributed by atoms with Crippen molar-refractivity contribution in [3.63, 3.8) is 0 Å². The monoisotopic (exact) mass is 287 g/mol. The normalized spacial score (nSPS) is 13.8. The molecule has 0 aliphatic heterocycles. The van der Waals surface area contributed by atoms with Gasteiger partial charge in [-0.05, 0) is 37.3 Å². The Morgan fingerprint density at radius 1 is 1.33 bits per heavy atom. The van der Waals surface area contributed by atoms with Crippen molar-refractivity contribution < 1.29 is 9.59 Å². The molecule has 0 atom stereocenters. The van der Waals surface area contributed by atoms with Gasteiger partial charge in [-0.15, -0.1) is 0 Å². The molecule has 2 amide bonds. The Kier molecular flexibility index (Phi) is 3.25. The van der Waals surface area contributed by atoms with E-state index < -0.39 is 5.91 Å². The minimum atomic E-state index is -0.630. The Morgan fingerprint density at radius 2 is 2.10 bits per heavy atom. The number of rotatable bonds is 3. The number of aromatic amines is 2. The summed E-state index contributed by atoms with van der Waals surface area (Å²) < 4.78 is 0. The van der Waals surface area contributed by atoms with Crippen molar-refractivity contribution in [1.29, 1.82) is 0 Å². The molecule has 1 aliphatic rings. The van der Waals surface area contributed by atoms with Crippen LogP contribution in [0.4, 0.5) is 5.82 Å².